The first-order valence-electron chi connectivity index (χ1n) is 5.86. The summed E-state index contributed by atoms with van der Waals surface area (Å²) in [6.07, 6.45) is 3.56. The summed E-state index contributed by atoms with van der Waals surface area (Å²) in [4.78, 5) is 11.6. The van der Waals surface area contributed by atoms with E-state index in [4.69, 9.17) is 0 Å². The van der Waals surface area contributed by atoms with Crippen molar-refractivity contribution in [3.05, 3.63) is 41.2 Å². The topological polar surface area (TPSA) is 29.1 Å². The van der Waals surface area contributed by atoms with Crippen LogP contribution in [0, 0.1) is 5.82 Å². The fraction of sp³-hybridized carbons (Fsp3) is 0.357. The smallest absolute Gasteiger partial charge is 0.246 e. The van der Waals surface area contributed by atoms with E-state index in [1.54, 1.807) is 31.2 Å². The van der Waals surface area contributed by atoms with Crippen molar-refractivity contribution in [3.63, 3.8) is 0 Å². The van der Waals surface area contributed by atoms with Gasteiger partial charge in [0.2, 0.25) is 5.91 Å². The molecule has 1 N–H and O–H groups in total. The Bertz CT molecular complexity index is 412. The number of amides is 1. The van der Waals surface area contributed by atoms with Crippen molar-refractivity contribution in [2.24, 2.45) is 0 Å². The first-order chi connectivity index (χ1) is 8.15. The Morgan fingerprint density at radius 1 is 1.41 bits per heavy atom. The van der Waals surface area contributed by atoms with Gasteiger partial charge in [-0.05, 0) is 25.5 Å². The first-order valence-corrected chi connectivity index (χ1v) is 5.86. The van der Waals surface area contributed by atoms with Gasteiger partial charge in [0.1, 0.15) is 5.82 Å². The van der Waals surface area contributed by atoms with Gasteiger partial charge in [-0.15, -0.1) is 0 Å². The maximum atomic E-state index is 13.3. The summed E-state index contributed by atoms with van der Waals surface area (Å²) in [6.45, 7) is 4.42. The standard InChI is InChI=1S/C14H18FNO/c1-3-4-9-16-14(17)11(2)10-12-7-5-6-8-13(12)15/h5-8,10H,3-4,9H2,1-2H3,(H,16,17)/b11-10+. The Balaban J connectivity index is 2.66. The van der Waals surface area contributed by atoms with Crippen molar-refractivity contribution in [3.8, 4) is 0 Å². The third-order valence-electron chi connectivity index (χ3n) is 2.45. The highest BCUT2D eigenvalue weighted by atomic mass is 19.1. The number of benzene rings is 1. The molecule has 0 aliphatic carbocycles. The van der Waals surface area contributed by atoms with Crippen LogP contribution in [0.1, 0.15) is 32.3 Å². The van der Waals surface area contributed by atoms with Crippen molar-refractivity contribution in [2.75, 3.05) is 6.54 Å². The third-order valence-corrected chi connectivity index (χ3v) is 2.45. The number of unbranched alkanes of at least 4 members (excludes halogenated alkanes) is 1. The minimum Gasteiger partial charge on any atom is -0.352 e. The maximum absolute atomic E-state index is 13.3. The van der Waals surface area contributed by atoms with Crippen LogP contribution < -0.4 is 5.32 Å². The summed E-state index contributed by atoms with van der Waals surface area (Å²) < 4.78 is 13.3. The first kappa shape index (κ1) is 13.4. The van der Waals surface area contributed by atoms with Crippen LogP contribution in [0.5, 0.6) is 0 Å². The highest BCUT2D eigenvalue weighted by molar-refractivity contribution is 5.97. The van der Waals surface area contributed by atoms with Crippen LogP contribution in [0.4, 0.5) is 4.39 Å². The van der Waals surface area contributed by atoms with Gasteiger partial charge in [-0.3, -0.25) is 4.79 Å². The van der Waals surface area contributed by atoms with E-state index in [9.17, 15) is 9.18 Å². The van der Waals surface area contributed by atoms with E-state index in [0.717, 1.165) is 12.8 Å². The number of carbonyl (C=O) groups is 1. The summed E-state index contributed by atoms with van der Waals surface area (Å²) in [7, 11) is 0. The minimum atomic E-state index is -0.312. The summed E-state index contributed by atoms with van der Waals surface area (Å²) in [5, 5.41) is 2.79. The van der Waals surface area contributed by atoms with Crippen LogP contribution in [0.3, 0.4) is 0 Å². The van der Waals surface area contributed by atoms with Gasteiger partial charge in [0.05, 0.1) is 0 Å². The zero-order chi connectivity index (χ0) is 12.7. The molecule has 0 saturated heterocycles. The van der Waals surface area contributed by atoms with Crippen LogP contribution in [0.2, 0.25) is 0 Å². The molecular weight excluding hydrogens is 217 g/mol. The lowest BCUT2D eigenvalue weighted by Gasteiger charge is -2.04. The number of hydrogen-bond acceptors (Lipinski definition) is 1. The highest BCUT2D eigenvalue weighted by Gasteiger charge is 2.04. The SMILES string of the molecule is CCCCNC(=O)/C(C)=C/c1ccccc1F. The van der Waals surface area contributed by atoms with Crippen LogP contribution in [0.25, 0.3) is 6.08 Å². The fourth-order valence-corrected chi connectivity index (χ4v) is 1.41. The number of carbonyl (C=O) groups excluding carboxylic acids is 1. The molecule has 0 bridgehead atoms. The van der Waals surface area contributed by atoms with E-state index < -0.39 is 0 Å². The second-order valence-electron chi connectivity index (χ2n) is 3.96. The normalized spacial score (nSPS) is 11.4. The van der Waals surface area contributed by atoms with Crippen LogP contribution in [-0.4, -0.2) is 12.5 Å². The van der Waals surface area contributed by atoms with Crippen molar-refractivity contribution in [1.29, 1.82) is 0 Å². The Morgan fingerprint density at radius 2 is 2.12 bits per heavy atom. The Kier molecular flexibility index (Phi) is 5.40. The molecule has 3 heteroatoms. The van der Waals surface area contributed by atoms with Crippen LogP contribution in [0.15, 0.2) is 29.8 Å². The Labute approximate surface area is 102 Å². The van der Waals surface area contributed by atoms with Gasteiger partial charge < -0.3 is 5.32 Å². The summed E-state index contributed by atoms with van der Waals surface area (Å²) in [5.74, 6) is -0.449. The molecule has 2 nitrogen and oxygen atoms in total. The maximum Gasteiger partial charge on any atom is 0.246 e. The fourth-order valence-electron chi connectivity index (χ4n) is 1.41. The predicted octanol–water partition coefficient (Wildman–Crippen LogP) is 3.15. The van der Waals surface area contributed by atoms with Crippen molar-refractivity contribution in [2.45, 2.75) is 26.7 Å². The van der Waals surface area contributed by atoms with Crippen molar-refractivity contribution >= 4 is 12.0 Å². The second kappa shape index (κ2) is 6.84. The highest BCUT2D eigenvalue weighted by Crippen LogP contribution is 2.11. The van der Waals surface area contributed by atoms with E-state index in [1.807, 2.05) is 0 Å². The molecule has 0 heterocycles. The number of nitrogens with one attached hydrogen (secondary N) is 1. The van der Waals surface area contributed by atoms with Gasteiger partial charge >= 0.3 is 0 Å². The molecule has 0 aromatic heterocycles. The molecule has 1 amide bonds. The predicted molar refractivity (Wildman–Crippen MR) is 68.0 cm³/mol. The summed E-state index contributed by atoms with van der Waals surface area (Å²) >= 11 is 0. The molecule has 92 valence electrons. The quantitative estimate of drug-likeness (QED) is 0.616. The molecule has 0 saturated carbocycles. The van der Waals surface area contributed by atoms with Crippen LogP contribution in [-0.2, 0) is 4.79 Å². The summed E-state index contributed by atoms with van der Waals surface area (Å²) in [5.41, 5.74) is 0.960. The molecular formula is C14H18FNO. The lowest BCUT2D eigenvalue weighted by atomic mass is 10.1. The van der Waals surface area contributed by atoms with Gasteiger partial charge in [-0.1, -0.05) is 31.5 Å². The Hall–Kier alpha value is -1.64. The molecule has 17 heavy (non-hydrogen) atoms. The lowest BCUT2D eigenvalue weighted by molar-refractivity contribution is -0.117. The molecule has 0 aliphatic heterocycles. The third kappa shape index (κ3) is 4.39. The second-order valence-corrected chi connectivity index (χ2v) is 3.96. The van der Waals surface area contributed by atoms with E-state index in [-0.39, 0.29) is 11.7 Å². The Morgan fingerprint density at radius 3 is 2.76 bits per heavy atom. The van der Waals surface area contributed by atoms with Gasteiger partial charge in [0, 0.05) is 17.7 Å². The van der Waals surface area contributed by atoms with E-state index in [1.165, 1.54) is 6.07 Å². The molecule has 1 aromatic carbocycles. The van der Waals surface area contributed by atoms with Crippen molar-refractivity contribution in [1.82, 2.24) is 5.32 Å². The van der Waals surface area contributed by atoms with Gasteiger partial charge in [-0.2, -0.15) is 0 Å². The zero-order valence-electron chi connectivity index (χ0n) is 10.3. The molecule has 1 aromatic rings. The molecule has 0 unspecified atom stereocenters. The number of halogens is 1. The van der Waals surface area contributed by atoms with Gasteiger partial charge in [0.25, 0.3) is 0 Å². The lowest BCUT2D eigenvalue weighted by Crippen LogP contribution is -2.24. The largest absolute Gasteiger partial charge is 0.352 e. The van der Waals surface area contributed by atoms with Crippen LogP contribution >= 0.6 is 0 Å². The van der Waals surface area contributed by atoms with Gasteiger partial charge in [-0.25, -0.2) is 4.39 Å². The number of rotatable bonds is 5. The minimum absolute atomic E-state index is 0.137. The monoisotopic (exact) mass is 235 g/mol. The number of hydrogen-bond donors (Lipinski definition) is 1. The molecule has 0 aliphatic rings. The van der Waals surface area contributed by atoms with E-state index in [2.05, 4.69) is 12.2 Å². The van der Waals surface area contributed by atoms with Gasteiger partial charge in [0.15, 0.2) is 0 Å². The average Bonchev–Trinajstić information content (AvgIpc) is 2.32. The molecule has 0 spiro atoms. The average molecular weight is 235 g/mol. The van der Waals surface area contributed by atoms with E-state index in [0.29, 0.717) is 17.7 Å². The zero-order valence-corrected chi connectivity index (χ0v) is 10.3. The van der Waals surface area contributed by atoms with E-state index >= 15 is 0 Å². The summed E-state index contributed by atoms with van der Waals surface area (Å²) in [6, 6.07) is 6.41. The molecule has 0 radical (unpaired) electrons. The molecule has 1 rings (SSSR count). The molecule has 0 fully saturated rings. The molecule has 0 atom stereocenters. The van der Waals surface area contributed by atoms with Crippen molar-refractivity contribution < 1.29 is 9.18 Å².